The van der Waals surface area contributed by atoms with E-state index in [-0.39, 0.29) is 5.97 Å². The van der Waals surface area contributed by atoms with Crippen molar-refractivity contribution in [2.45, 2.75) is 33.4 Å². The summed E-state index contributed by atoms with van der Waals surface area (Å²) in [5, 5.41) is 0. The standard InChI is InChI=1S/C14H21NO2/c1-4-17-14(16)11-15(12(2)3)10-13-8-6-5-7-9-13/h5-9,12H,4,10-11H2,1-3H3. The third-order valence-corrected chi connectivity index (χ3v) is 2.60. The van der Waals surface area contributed by atoms with Gasteiger partial charge in [0.25, 0.3) is 0 Å². The maximum Gasteiger partial charge on any atom is 0.320 e. The van der Waals surface area contributed by atoms with Crippen molar-refractivity contribution in [3.05, 3.63) is 35.9 Å². The minimum absolute atomic E-state index is 0.155. The molecule has 0 amide bonds. The first-order valence-electron chi connectivity index (χ1n) is 6.07. The highest BCUT2D eigenvalue weighted by Gasteiger charge is 2.14. The second-order valence-corrected chi connectivity index (χ2v) is 4.29. The Bertz CT molecular complexity index is 335. The van der Waals surface area contributed by atoms with Crippen LogP contribution in [0.2, 0.25) is 0 Å². The molecule has 0 saturated carbocycles. The van der Waals surface area contributed by atoms with Crippen LogP contribution in [0, 0.1) is 0 Å². The topological polar surface area (TPSA) is 29.5 Å². The van der Waals surface area contributed by atoms with Crippen LogP contribution >= 0.6 is 0 Å². The van der Waals surface area contributed by atoms with Crippen molar-refractivity contribution in [2.24, 2.45) is 0 Å². The van der Waals surface area contributed by atoms with Gasteiger partial charge in [-0.15, -0.1) is 0 Å². The molecule has 0 heterocycles. The zero-order valence-corrected chi connectivity index (χ0v) is 10.8. The summed E-state index contributed by atoms with van der Waals surface area (Å²) in [4.78, 5) is 13.6. The molecule has 1 aromatic rings. The summed E-state index contributed by atoms with van der Waals surface area (Å²) in [5.74, 6) is -0.155. The molecular weight excluding hydrogens is 214 g/mol. The van der Waals surface area contributed by atoms with Crippen LogP contribution in [0.5, 0.6) is 0 Å². The monoisotopic (exact) mass is 235 g/mol. The molecular formula is C14H21NO2. The fraction of sp³-hybridized carbons (Fsp3) is 0.500. The van der Waals surface area contributed by atoms with E-state index in [1.165, 1.54) is 5.56 Å². The lowest BCUT2D eigenvalue weighted by Gasteiger charge is -2.25. The molecule has 3 heteroatoms. The van der Waals surface area contributed by atoms with E-state index < -0.39 is 0 Å². The van der Waals surface area contributed by atoms with Crippen LogP contribution in [-0.2, 0) is 16.1 Å². The molecule has 0 bridgehead atoms. The zero-order valence-electron chi connectivity index (χ0n) is 10.8. The Labute approximate surface area is 103 Å². The lowest BCUT2D eigenvalue weighted by Crippen LogP contribution is -2.35. The van der Waals surface area contributed by atoms with Gasteiger partial charge in [0, 0.05) is 12.6 Å². The largest absolute Gasteiger partial charge is 0.465 e. The van der Waals surface area contributed by atoms with Crippen molar-refractivity contribution >= 4 is 5.97 Å². The van der Waals surface area contributed by atoms with Gasteiger partial charge in [0.1, 0.15) is 0 Å². The number of rotatable bonds is 6. The van der Waals surface area contributed by atoms with Gasteiger partial charge in [-0.05, 0) is 26.3 Å². The molecule has 0 N–H and O–H groups in total. The molecule has 1 aromatic carbocycles. The van der Waals surface area contributed by atoms with Gasteiger partial charge in [-0.2, -0.15) is 0 Å². The highest BCUT2D eigenvalue weighted by atomic mass is 16.5. The van der Waals surface area contributed by atoms with Gasteiger partial charge in [0.15, 0.2) is 0 Å². The fourth-order valence-corrected chi connectivity index (χ4v) is 1.61. The summed E-state index contributed by atoms with van der Waals surface area (Å²) in [6.07, 6.45) is 0. The number of nitrogens with zero attached hydrogens (tertiary/aromatic N) is 1. The van der Waals surface area contributed by atoms with Crippen LogP contribution in [0.25, 0.3) is 0 Å². The van der Waals surface area contributed by atoms with Crippen LogP contribution in [0.1, 0.15) is 26.3 Å². The molecule has 3 nitrogen and oxygen atoms in total. The van der Waals surface area contributed by atoms with E-state index in [0.29, 0.717) is 19.2 Å². The molecule has 0 saturated heterocycles. The van der Waals surface area contributed by atoms with Crippen LogP contribution in [-0.4, -0.2) is 30.1 Å². The molecule has 0 unspecified atom stereocenters. The molecule has 0 radical (unpaired) electrons. The second-order valence-electron chi connectivity index (χ2n) is 4.29. The van der Waals surface area contributed by atoms with Gasteiger partial charge >= 0.3 is 5.97 Å². The van der Waals surface area contributed by atoms with Crippen LogP contribution in [0.15, 0.2) is 30.3 Å². The average Bonchev–Trinajstić information content (AvgIpc) is 2.29. The third kappa shape index (κ3) is 5.00. The molecule has 17 heavy (non-hydrogen) atoms. The maximum atomic E-state index is 11.5. The summed E-state index contributed by atoms with van der Waals surface area (Å²) < 4.78 is 4.98. The number of hydrogen-bond acceptors (Lipinski definition) is 3. The Kier molecular flexibility index (Phi) is 5.70. The first-order valence-corrected chi connectivity index (χ1v) is 6.07. The number of esters is 1. The summed E-state index contributed by atoms with van der Waals surface area (Å²) in [6, 6.07) is 10.5. The van der Waals surface area contributed by atoms with Crippen molar-refractivity contribution in [3.8, 4) is 0 Å². The van der Waals surface area contributed by atoms with Crippen molar-refractivity contribution < 1.29 is 9.53 Å². The van der Waals surface area contributed by atoms with Crippen molar-refractivity contribution in [1.29, 1.82) is 0 Å². The third-order valence-electron chi connectivity index (χ3n) is 2.60. The fourth-order valence-electron chi connectivity index (χ4n) is 1.61. The van der Waals surface area contributed by atoms with Crippen molar-refractivity contribution in [2.75, 3.05) is 13.2 Å². The Morgan fingerprint density at radius 1 is 1.29 bits per heavy atom. The molecule has 0 fully saturated rings. The Morgan fingerprint density at radius 3 is 2.47 bits per heavy atom. The van der Waals surface area contributed by atoms with Gasteiger partial charge in [-0.3, -0.25) is 9.69 Å². The average molecular weight is 235 g/mol. The second kappa shape index (κ2) is 7.07. The number of hydrogen-bond donors (Lipinski definition) is 0. The molecule has 0 aliphatic carbocycles. The van der Waals surface area contributed by atoms with Gasteiger partial charge < -0.3 is 4.74 Å². The summed E-state index contributed by atoms with van der Waals surface area (Å²) in [5.41, 5.74) is 1.21. The lowest BCUT2D eigenvalue weighted by atomic mass is 10.2. The predicted octanol–water partition coefficient (Wildman–Crippen LogP) is 2.46. The molecule has 0 aliphatic heterocycles. The molecule has 1 rings (SSSR count). The molecule has 0 spiro atoms. The van der Waals surface area contributed by atoms with E-state index in [4.69, 9.17) is 4.74 Å². The Morgan fingerprint density at radius 2 is 1.94 bits per heavy atom. The van der Waals surface area contributed by atoms with E-state index in [0.717, 1.165) is 6.54 Å². The number of carbonyl (C=O) groups excluding carboxylic acids is 1. The van der Waals surface area contributed by atoms with Crippen molar-refractivity contribution in [3.63, 3.8) is 0 Å². The van der Waals surface area contributed by atoms with E-state index in [9.17, 15) is 4.79 Å². The first-order chi connectivity index (χ1) is 8.13. The summed E-state index contributed by atoms with van der Waals surface area (Å²) >= 11 is 0. The van der Waals surface area contributed by atoms with Crippen LogP contribution in [0.4, 0.5) is 0 Å². The summed E-state index contributed by atoms with van der Waals surface area (Å²) in [7, 11) is 0. The normalized spacial score (nSPS) is 10.9. The molecule has 94 valence electrons. The first kappa shape index (κ1) is 13.7. The quantitative estimate of drug-likeness (QED) is 0.709. The molecule has 0 atom stereocenters. The minimum Gasteiger partial charge on any atom is -0.465 e. The van der Waals surface area contributed by atoms with E-state index >= 15 is 0 Å². The highest BCUT2D eigenvalue weighted by molar-refractivity contribution is 5.71. The smallest absolute Gasteiger partial charge is 0.320 e. The zero-order chi connectivity index (χ0) is 12.7. The van der Waals surface area contributed by atoms with E-state index in [2.05, 4.69) is 30.9 Å². The van der Waals surface area contributed by atoms with Gasteiger partial charge in [0.05, 0.1) is 13.2 Å². The van der Waals surface area contributed by atoms with Gasteiger partial charge in [-0.25, -0.2) is 0 Å². The lowest BCUT2D eigenvalue weighted by molar-refractivity contribution is -0.145. The predicted molar refractivity (Wildman–Crippen MR) is 68.6 cm³/mol. The van der Waals surface area contributed by atoms with E-state index in [1.54, 1.807) is 0 Å². The Balaban J connectivity index is 2.58. The SMILES string of the molecule is CCOC(=O)CN(Cc1ccccc1)C(C)C. The highest BCUT2D eigenvalue weighted by Crippen LogP contribution is 2.08. The van der Waals surface area contributed by atoms with Crippen LogP contribution < -0.4 is 0 Å². The van der Waals surface area contributed by atoms with Crippen molar-refractivity contribution in [1.82, 2.24) is 4.90 Å². The minimum atomic E-state index is -0.155. The molecule has 0 aliphatic rings. The Hall–Kier alpha value is -1.35. The van der Waals surface area contributed by atoms with Crippen LogP contribution in [0.3, 0.4) is 0 Å². The number of ether oxygens (including phenoxy) is 1. The summed E-state index contributed by atoms with van der Waals surface area (Å²) in [6.45, 7) is 7.56. The number of carbonyl (C=O) groups is 1. The molecule has 0 aromatic heterocycles. The van der Waals surface area contributed by atoms with Gasteiger partial charge in [0.2, 0.25) is 0 Å². The number of benzene rings is 1. The van der Waals surface area contributed by atoms with E-state index in [1.807, 2.05) is 25.1 Å². The maximum absolute atomic E-state index is 11.5. The van der Waals surface area contributed by atoms with Gasteiger partial charge in [-0.1, -0.05) is 30.3 Å².